The molecular formula is C22H23FN4. The summed E-state index contributed by atoms with van der Waals surface area (Å²) in [6.07, 6.45) is 3.53. The van der Waals surface area contributed by atoms with Crippen molar-refractivity contribution in [2.24, 2.45) is 7.05 Å². The minimum absolute atomic E-state index is 0.187. The number of hydrogen-bond acceptors (Lipinski definition) is 2. The molecule has 1 aliphatic rings. The van der Waals surface area contributed by atoms with Gasteiger partial charge in [0.2, 0.25) is 0 Å². The predicted molar refractivity (Wildman–Crippen MR) is 106 cm³/mol. The Labute approximate surface area is 157 Å². The van der Waals surface area contributed by atoms with E-state index in [4.69, 9.17) is 5.10 Å². The number of benzene rings is 2. The van der Waals surface area contributed by atoms with E-state index < -0.39 is 0 Å². The number of aromatic nitrogens is 3. The Morgan fingerprint density at radius 3 is 2.96 bits per heavy atom. The van der Waals surface area contributed by atoms with Crippen molar-refractivity contribution in [3.63, 3.8) is 0 Å². The first kappa shape index (κ1) is 16.5. The van der Waals surface area contributed by atoms with Crippen LogP contribution in [0.4, 0.5) is 4.39 Å². The highest BCUT2D eigenvalue weighted by molar-refractivity contribution is 5.82. The molecule has 0 spiro atoms. The van der Waals surface area contributed by atoms with Crippen LogP contribution in [0.5, 0.6) is 0 Å². The first-order valence-corrected chi connectivity index (χ1v) is 9.62. The molecule has 4 nitrogen and oxygen atoms in total. The molecule has 1 fully saturated rings. The minimum Gasteiger partial charge on any atom is -0.357 e. The zero-order valence-electron chi connectivity index (χ0n) is 15.5. The molecule has 3 heterocycles. The number of halogens is 1. The molecule has 1 N–H and O–H groups in total. The maximum atomic E-state index is 13.6. The fourth-order valence-electron chi connectivity index (χ4n) is 4.44. The van der Waals surface area contributed by atoms with Crippen LogP contribution in [0.3, 0.4) is 0 Å². The summed E-state index contributed by atoms with van der Waals surface area (Å²) in [6.45, 7) is 1.88. The second-order valence-electron chi connectivity index (χ2n) is 7.53. The lowest BCUT2D eigenvalue weighted by Gasteiger charge is -2.34. The maximum absolute atomic E-state index is 13.6. The summed E-state index contributed by atoms with van der Waals surface area (Å²) in [5, 5.41) is 6.95. The number of likely N-dealkylation sites (tertiary alicyclic amines) is 1. The quantitative estimate of drug-likeness (QED) is 0.561. The van der Waals surface area contributed by atoms with E-state index in [-0.39, 0.29) is 5.82 Å². The highest BCUT2D eigenvalue weighted by Crippen LogP contribution is 2.34. The van der Waals surface area contributed by atoms with E-state index in [0.717, 1.165) is 36.1 Å². The zero-order chi connectivity index (χ0) is 18.4. The van der Waals surface area contributed by atoms with Crippen molar-refractivity contribution in [2.45, 2.75) is 31.8 Å². The molecule has 0 radical (unpaired) electrons. The van der Waals surface area contributed by atoms with Crippen LogP contribution in [-0.4, -0.2) is 26.2 Å². The Morgan fingerprint density at radius 2 is 2.04 bits per heavy atom. The van der Waals surface area contributed by atoms with Gasteiger partial charge < -0.3 is 4.98 Å². The average molecular weight is 362 g/mol. The molecule has 2 aromatic heterocycles. The molecule has 1 unspecified atom stereocenters. The van der Waals surface area contributed by atoms with Crippen LogP contribution < -0.4 is 0 Å². The van der Waals surface area contributed by atoms with Crippen LogP contribution in [-0.2, 0) is 13.6 Å². The van der Waals surface area contributed by atoms with E-state index in [1.54, 1.807) is 6.07 Å². The van der Waals surface area contributed by atoms with E-state index in [2.05, 4.69) is 40.2 Å². The molecule has 0 saturated carbocycles. The largest absolute Gasteiger partial charge is 0.357 e. The number of hydrogen-bond donors (Lipinski definition) is 1. The van der Waals surface area contributed by atoms with E-state index >= 15 is 0 Å². The zero-order valence-corrected chi connectivity index (χ0v) is 15.5. The van der Waals surface area contributed by atoms with E-state index in [0.29, 0.717) is 6.04 Å². The van der Waals surface area contributed by atoms with Gasteiger partial charge in [0.25, 0.3) is 0 Å². The van der Waals surface area contributed by atoms with Gasteiger partial charge in [-0.15, -0.1) is 0 Å². The van der Waals surface area contributed by atoms with Gasteiger partial charge in [-0.05, 0) is 49.7 Å². The number of nitrogens with zero attached hydrogens (tertiary/aromatic N) is 3. The van der Waals surface area contributed by atoms with Gasteiger partial charge in [0, 0.05) is 35.6 Å². The summed E-state index contributed by atoms with van der Waals surface area (Å²) in [7, 11) is 2.01. The maximum Gasteiger partial charge on any atom is 0.123 e. The molecule has 2 aromatic carbocycles. The molecule has 4 aromatic rings. The van der Waals surface area contributed by atoms with Gasteiger partial charge in [0.1, 0.15) is 5.82 Å². The first-order valence-electron chi connectivity index (χ1n) is 9.62. The van der Waals surface area contributed by atoms with Crippen molar-refractivity contribution in [3.8, 4) is 0 Å². The number of para-hydroxylation sites is 1. The minimum atomic E-state index is -0.187. The van der Waals surface area contributed by atoms with E-state index in [1.165, 1.54) is 35.5 Å². The van der Waals surface area contributed by atoms with Gasteiger partial charge in [-0.3, -0.25) is 9.58 Å². The number of rotatable bonds is 3. The Kier molecular flexibility index (Phi) is 3.97. The normalized spacial score (nSPS) is 18.5. The lowest BCUT2D eigenvalue weighted by Crippen LogP contribution is -2.33. The smallest absolute Gasteiger partial charge is 0.123 e. The molecule has 0 aliphatic carbocycles. The number of piperidine rings is 1. The van der Waals surface area contributed by atoms with Crippen LogP contribution in [0.1, 0.15) is 36.7 Å². The fourth-order valence-corrected chi connectivity index (χ4v) is 4.44. The number of aromatic amines is 1. The second-order valence-corrected chi connectivity index (χ2v) is 7.53. The van der Waals surface area contributed by atoms with E-state index in [9.17, 15) is 4.39 Å². The van der Waals surface area contributed by atoms with Gasteiger partial charge in [0.15, 0.2) is 0 Å². The van der Waals surface area contributed by atoms with Gasteiger partial charge in [-0.2, -0.15) is 5.10 Å². The van der Waals surface area contributed by atoms with Crippen molar-refractivity contribution in [2.75, 3.05) is 6.54 Å². The SMILES string of the molecule is Cn1nc(CN2CCCCC2c2cc3cc(F)ccc3[nH]2)c2ccccc21. The van der Waals surface area contributed by atoms with Crippen molar-refractivity contribution < 1.29 is 4.39 Å². The third-order valence-corrected chi connectivity index (χ3v) is 5.76. The Bertz CT molecular complexity index is 1110. The third kappa shape index (κ3) is 2.92. The van der Waals surface area contributed by atoms with E-state index in [1.807, 2.05) is 17.8 Å². The highest BCUT2D eigenvalue weighted by atomic mass is 19.1. The first-order chi connectivity index (χ1) is 13.2. The van der Waals surface area contributed by atoms with Crippen LogP contribution in [0.25, 0.3) is 21.8 Å². The molecule has 27 heavy (non-hydrogen) atoms. The lowest BCUT2D eigenvalue weighted by molar-refractivity contribution is 0.136. The molecule has 1 saturated heterocycles. The molecule has 138 valence electrons. The third-order valence-electron chi connectivity index (χ3n) is 5.76. The monoisotopic (exact) mass is 362 g/mol. The Hall–Kier alpha value is -2.66. The summed E-state index contributed by atoms with van der Waals surface area (Å²) < 4.78 is 15.5. The average Bonchev–Trinajstić information content (AvgIpc) is 3.23. The standard InChI is InChI=1S/C22H23FN4/c1-26-21-7-3-2-6-17(21)20(25-26)14-27-11-5-4-8-22(27)19-13-15-12-16(23)9-10-18(15)24-19/h2-3,6-7,9-10,12-13,22,24H,4-5,8,11,14H2,1H3. The molecule has 1 atom stereocenters. The molecule has 1 aliphatic heterocycles. The van der Waals surface area contributed by atoms with Crippen molar-refractivity contribution in [3.05, 3.63) is 65.7 Å². The number of H-pyrrole nitrogens is 1. The lowest BCUT2D eigenvalue weighted by atomic mass is 9.98. The van der Waals surface area contributed by atoms with Gasteiger partial charge in [-0.1, -0.05) is 24.6 Å². The molecule has 5 heteroatoms. The number of nitrogens with one attached hydrogen (secondary N) is 1. The fraction of sp³-hybridized carbons (Fsp3) is 0.318. The Morgan fingerprint density at radius 1 is 1.15 bits per heavy atom. The predicted octanol–water partition coefficient (Wildman–Crippen LogP) is 4.92. The summed E-state index contributed by atoms with van der Waals surface area (Å²) in [5.41, 5.74) is 4.47. The van der Waals surface area contributed by atoms with Crippen LogP contribution >= 0.6 is 0 Å². The summed E-state index contributed by atoms with van der Waals surface area (Å²) in [5.74, 6) is -0.187. The second kappa shape index (κ2) is 6.50. The summed E-state index contributed by atoms with van der Waals surface area (Å²) in [4.78, 5) is 6.03. The van der Waals surface area contributed by atoms with Crippen LogP contribution in [0.2, 0.25) is 0 Å². The van der Waals surface area contributed by atoms with Gasteiger partial charge >= 0.3 is 0 Å². The van der Waals surface area contributed by atoms with Gasteiger partial charge in [0.05, 0.1) is 17.3 Å². The van der Waals surface area contributed by atoms with Crippen molar-refractivity contribution in [1.29, 1.82) is 0 Å². The van der Waals surface area contributed by atoms with Crippen LogP contribution in [0, 0.1) is 5.82 Å². The number of fused-ring (bicyclic) bond motifs is 2. The van der Waals surface area contributed by atoms with Crippen molar-refractivity contribution >= 4 is 21.8 Å². The summed E-state index contributed by atoms with van der Waals surface area (Å²) in [6, 6.07) is 15.8. The topological polar surface area (TPSA) is 36.9 Å². The Balaban J connectivity index is 1.49. The van der Waals surface area contributed by atoms with Crippen LogP contribution in [0.15, 0.2) is 48.5 Å². The molecule has 0 bridgehead atoms. The highest BCUT2D eigenvalue weighted by Gasteiger charge is 2.26. The molecule has 0 amide bonds. The van der Waals surface area contributed by atoms with Gasteiger partial charge in [-0.25, -0.2) is 4.39 Å². The molecular weight excluding hydrogens is 339 g/mol. The van der Waals surface area contributed by atoms with Crippen molar-refractivity contribution in [1.82, 2.24) is 19.7 Å². The summed E-state index contributed by atoms with van der Waals surface area (Å²) >= 11 is 0. The number of aryl methyl sites for hydroxylation is 1. The molecule has 5 rings (SSSR count).